The molecular formula is C11H16ClN7O4. The number of hydrogen-bond donors (Lipinski definition) is 6. The summed E-state index contributed by atoms with van der Waals surface area (Å²) in [4.78, 5) is 12.0. The molecule has 1 saturated heterocycles. The maximum Gasteiger partial charge on any atom is 0.198 e. The summed E-state index contributed by atoms with van der Waals surface area (Å²) in [6.07, 6.45) is -3.15. The third-order valence-electron chi connectivity index (χ3n) is 3.48. The average molecular weight is 346 g/mol. The van der Waals surface area contributed by atoms with Crippen LogP contribution >= 0.6 is 12.4 Å². The van der Waals surface area contributed by atoms with E-state index in [0.717, 1.165) is 0 Å². The van der Waals surface area contributed by atoms with Crippen molar-refractivity contribution in [2.75, 3.05) is 12.3 Å². The Morgan fingerprint density at radius 1 is 1.35 bits per heavy atom. The first kappa shape index (κ1) is 17.3. The molecule has 0 amide bonds. The van der Waals surface area contributed by atoms with Crippen molar-refractivity contribution in [2.45, 2.75) is 24.5 Å². The summed E-state index contributed by atoms with van der Waals surface area (Å²) in [5.41, 5.74) is 11.6. The molecule has 1 aliphatic heterocycles. The molecule has 0 unspecified atom stereocenters. The van der Waals surface area contributed by atoms with Crippen LogP contribution in [0.25, 0.3) is 11.2 Å². The predicted octanol–water partition coefficient (Wildman–Crippen LogP) is -2.27. The highest BCUT2D eigenvalue weighted by Crippen LogP contribution is 2.31. The molecule has 4 atom stereocenters. The summed E-state index contributed by atoms with van der Waals surface area (Å²) in [7, 11) is 0. The van der Waals surface area contributed by atoms with E-state index in [2.05, 4.69) is 15.0 Å². The first-order valence-corrected chi connectivity index (χ1v) is 6.41. The molecule has 0 saturated carbocycles. The monoisotopic (exact) mass is 345 g/mol. The summed E-state index contributed by atoms with van der Waals surface area (Å²) in [5.74, 6) is -0.429. The molecule has 0 spiro atoms. The first-order chi connectivity index (χ1) is 10.4. The quantitative estimate of drug-likeness (QED) is 0.263. The molecule has 0 radical (unpaired) electrons. The van der Waals surface area contributed by atoms with E-state index in [1.165, 1.54) is 10.9 Å². The van der Waals surface area contributed by atoms with Crippen LogP contribution in [0.1, 0.15) is 12.1 Å². The van der Waals surface area contributed by atoms with Gasteiger partial charge in [0, 0.05) is 0 Å². The van der Waals surface area contributed by atoms with Crippen LogP contribution in [0.2, 0.25) is 0 Å². The molecule has 8 N–H and O–H groups in total. The molecule has 23 heavy (non-hydrogen) atoms. The average Bonchev–Trinajstić information content (AvgIpc) is 3.02. The topological polar surface area (TPSA) is 189 Å². The minimum Gasteiger partial charge on any atom is -0.394 e. The largest absolute Gasteiger partial charge is 0.394 e. The van der Waals surface area contributed by atoms with Crippen LogP contribution in [-0.4, -0.2) is 65.6 Å². The van der Waals surface area contributed by atoms with Gasteiger partial charge in [0.25, 0.3) is 0 Å². The molecule has 3 heterocycles. The fourth-order valence-electron chi connectivity index (χ4n) is 2.35. The minimum absolute atomic E-state index is 0. The summed E-state index contributed by atoms with van der Waals surface area (Å²) < 4.78 is 6.77. The lowest BCUT2D eigenvalue weighted by Gasteiger charge is -2.16. The second-order valence-electron chi connectivity index (χ2n) is 4.90. The Morgan fingerprint density at radius 3 is 2.61 bits per heavy atom. The number of amidine groups is 1. The molecule has 11 nitrogen and oxygen atoms in total. The van der Waals surface area contributed by atoms with Crippen LogP contribution in [0.4, 0.5) is 5.82 Å². The van der Waals surface area contributed by atoms with Crippen LogP contribution in [-0.2, 0) is 4.74 Å². The van der Waals surface area contributed by atoms with Crippen molar-refractivity contribution in [2.24, 2.45) is 5.73 Å². The van der Waals surface area contributed by atoms with Gasteiger partial charge in [-0.25, -0.2) is 15.0 Å². The van der Waals surface area contributed by atoms with Gasteiger partial charge in [-0.3, -0.25) is 9.98 Å². The van der Waals surface area contributed by atoms with Gasteiger partial charge in [0.05, 0.1) is 12.9 Å². The number of aromatic nitrogens is 4. The second kappa shape index (κ2) is 6.22. The number of anilines is 1. The Balaban J connectivity index is 0.00000192. The van der Waals surface area contributed by atoms with Gasteiger partial charge in [-0.1, -0.05) is 0 Å². The first-order valence-electron chi connectivity index (χ1n) is 6.41. The summed E-state index contributed by atoms with van der Waals surface area (Å²) in [5, 5.41) is 36.4. The van der Waals surface area contributed by atoms with Crippen molar-refractivity contribution >= 4 is 35.2 Å². The number of nitrogens with two attached hydrogens (primary N) is 2. The lowest BCUT2D eigenvalue weighted by atomic mass is 10.1. The Morgan fingerprint density at radius 2 is 2.04 bits per heavy atom. The van der Waals surface area contributed by atoms with E-state index in [9.17, 15) is 10.2 Å². The van der Waals surface area contributed by atoms with Crippen LogP contribution in [0.5, 0.6) is 0 Å². The fraction of sp³-hybridized carbons (Fsp3) is 0.455. The highest BCUT2D eigenvalue weighted by Gasteiger charge is 2.44. The minimum atomic E-state index is -1.29. The zero-order valence-electron chi connectivity index (χ0n) is 11.7. The molecule has 0 aromatic carbocycles. The van der Waals surface area contributed by atoms with Crippen molar-refractivity contribution in [1.29, 1.82) is 5.41 Å². The number of fused-ring (bicyclic) bond motifs is 1. The lowest BCUT2D eigenvalue weighted by molar-refractivity contribution is -0.0511. The van der Waals surface area contributed by atoms with Gasteiger partial charge in [-0.2, -0.15) is 0 Å². The highest BCUT2D eigenvalue weighted by molar-refractivity contribution is 5.94. The number of nitrogens with one attached hydrogen (secondary N) is 1. The number of ether oxygens (including phenoxy) is 1. The van der Waals surface area contributed by atoms with E-state index in [4.69, 9.17) is 26.7 Å². The van der Waals surface area contributed by atoms with Crippen LogP contribution in [0, 0.1) is 5.41 Å². The van der Waals surface area contributed by atoms with Crippen molar-refractivity contribution in [1.82, 2.24) is 19.5 Å². The van der Waals surface area contributed by atoms with E-state index >= 15 is 0 Å². The highest BCUT2D eigenvalue weighted by atomic mass is 35.5. The van der Waals surface area contributed by atoms with Crippen LogP contribution < -0.4 is 11.5 Å². The van der Waals surface area contributed by atoms with Gasteiger partial charge in [0.15, 0.2) is 29.4 Å². The summed E-state index contributed by atoms with van der Waals surface area (Å²) in [6, 6.07) is 0. The molecule has 3 rings (SSSR count). The SMILES string of the molecule is Cl.N=C(N)c1nc(N)c2ncn([C@@H]3O[C@H](CO)[C@@H](O)[C@H]3O)c2n1. The molecule has 2 aromatic heterocycles. The number of hydrogen-bond acceptors (Lipinski definition) is 9. The maximum atomic E-state index is 10.1. The van der Waals surface area contributed by atoms with Crippen LogP contribution in [0.3, 0.4) is 0 Å². The molecular weight excluding hydrogens is 330 g/mol. The number of halogens is 1. The summed E-state index contributed by atoms with van der Waals surface area (Å²) >= 11 is 0. The van der Waals surface area contributed by atoms with Crippen molar-refractivity contribution in [3.63, 3.8) is 0 Å². The van der Waals surface area contributed by atoms with Gasteiger partial charge in [0.1, 0.15) is 23.8 Å². The number of nitrogen functional groups attached to an aromatic ring is 2. The molecule has 1 aliphatic rings. The molecule has 0 aliphatic carbocycles. The Labute approximate surface area is 135 Å². The maximum absolute atomic E-state index is 10.1. The Kier molecular flexibility index (Phi) is 4.68. The third-order valence-corrected chi connectivity index (χ3v) is 3.48. The summed E-state index contributed by atoms with van der Waals surface area (Å²) in [6.45, 7) is -0.447. The van der Waals surface area contributed by atoms with E-state index in [1.54, 1.807) is 0 Å². The number of aliphatic hydroxyl groups is 3. The lowest BCUT2D eigenvalue weighted by Crippen LogP contribution is -2.33. The van der Waals surface area contributed by atoms with E-state index < -0.39 is 31.1 Å². The molecule has 1 fully saturated rings. The standard InChI is InChI=1S/C11H15N7O4.ClH/c12-7(13)9-16-8(14)4-10(17-9)18(2-15-4)11-6(21)5(20)3(1-19)22-11;/h2-3,5-6,11,19-21H,1H2,(H3,12,13)(H2,14,16,17);1H/t3-,5-,6-,11-;/m1./s1. The van der Waals surface area contributed by atoms with Crippen LogP contribution in [0.15, 0.2) is 6.33 Å². The molecule has 126 valence electrons. The van der Waals surface area contributed by atoms with E-state index in [1.807, 2.05) is 0 Å². The van der Waals surface area contributed by atoms with Gasteiger partial charge >= 0.3 is 0 Å². The fourth-order valence-corrected chi connectivity index (χ4v) is 2.35. The number of nitrogens with zero attached hydrogens (tertiary/aromatic N) is 4. The third kappa shape index (κ3) is 2.68. The molecule has 12 heteroatoms. The van der Waals surface area contributed by atoms with Crippen molar-refractivity contribution in [3.05, 3.63) is 12.2 Å². The van der Waals surface area contributed by atoms with Crippen molar-refractivity contribution in [3.8, 4) is 0 Å². The van der Waals surface area contributed by atoms with Gasteiger partial charge in [-0.15, -0.1) is 12.4 Å². The number of rotatable bonds is 3. The van der Waals surface area contributed by atoms with Crippen molar-refractivity contribution < 1.29 is 20.1 Å². The zero-order chi connectivity index (χ0) is 16.0. The Bertz CT molecular complexity index is 738. The second-order valence-corrected chi connectivity index (χ2v) is 4.90. The number of aliphatic hydroxyl groups excluding tert-OH is 3. The zero-order valence-corrected chi connectivity index (χ0v) is 12.5. The van der Waals surface area contributed by atoms with Gasteiger partial charge in [0.2, 0.25) is 0 Å². The number of imidazole rings is 1. The van der Waals surface area contributed by atoms with E-state index in [0.29, 0.717) is 0 Å². The predicted molar refractivity (Wildman–Crippen MR) is 81.0 cm³/mol. The molecule has 2 aromatic rings. The normalized spacial score (nSPS) is 27.1. The Hall–Kier alpha value is -2.05. The van der Waals surface area contributed by atoms with Gasteiger partial charge in [-0.05, 0) is 0 Å². The molecule has 0 bridgehead atoms. The van der Waals surface area contributed by atoms with Gasteiger partial charge < -0.3 is 31.5 Å². The van der Waals surface area contributed by atoms with E-state index in [-0.39, 0.29) is 41.0 Å². The smallest absolute Gasteiger partial charge is 0.198 e.